The highest BCUT2D eigenvalue weighted by atomic mass is 32.2. The van der Waals surface area contributed by atoms with Gasteiger partial charge in [0.2, 0.25) is 5.78 Å². The molecule has 1 aliphatic rings. The van der Waals surface area contributed by atoms with Gasteiger partial charge < -0.3 is 9.72 Å². The van der Waals surface area contributed by atoms with Crippen molar-refractivity contribution in [3.05, 3.63) is 95.6 Å². The van der Waals surface area contributed by atoms with E-state index in [0.717, 1.165) is 16.5 Å². The molecule has 2 aromatic heterocycles. The molecule has 0 fully saturated rings. The molecule has 3 heterocycles. The Labute approximate surface area is 185 Å². The molecule has 0 bridgehead atoms. The van der Waals surface area contributed by atoms with Crippen molar-refractivity contribution in [2.24, 2.45) is 0 Å². The molecular formula is C24H19N3O4S. The zero-order valence-electron chi connectivity index (χ0n) is 17.1. The van der Waals surface area contributed by atoms with E-state index in [1.165, 1.54) is 10.4 Å². The largest absolute Gasteiger partial charge is 0.497 e. The van der Waals surface area contributed by atoms with Crippen molar-refractivity contribution in [2.75, 3.05) is 7.11 Å². The standard InChI is InChI=1S/C24H19N3O4S/c1-31-18-6-7-21-20(13-18)17(14-26-21)12-22-24(28)19-4-2-3-5-23(19)32(29,30)27(22)15-16-8-10-25-11-9-16/h2-14,26H,15H2,1H3. The first-order valence-corrected chi connectivity index (χ1v) is 11.4. The number of H-pyrrole nitrogens is 1. The van der Waals surface area contributed by atoms with Gasteiger partial charge in [0.15, 0.2) is 0 Å². The van der Waals surface area contributed by atoms with E-state index in [2.05, 4.69) is 9.97 Å². The van der Waals surface area contributed by atoms with E-state index >= 15 is 0 Å². The number of nitrogens with one attached hydrogen (secondary N) is 1. The van der Waals surface area contributed by atoms with Crippen molar-refractivity contribution in [3.63, 3.8) is 0 Å². The van der Waals surface area contributed by atoms with Crippen LogP contribution in [0.2, 0.25) is 0 Å². The molecule has 4 aromatic rings. The van der Waals surface area contributed by atoms with Gasteiger partial charge >= 0.3 is 0 Å². The minimum absolute atomic E-state index is 0.0109. The lowest BCUT2D eigenvalue weighted by Gasteiger charge is -2.31. The molecule has 0 radical (unpaired) electrons. The zero-order chi connectivity index (χ0) is 22.3. The fourth-order valence-electron chi connectivity index (χ4n) is 3.86. The van der Waals surface area contributed by atoms with Crippen molar-refractivity contribution in [1.29, 1.82) is 0 Å². The van der Waals surface area contributed by atoms with Crippen molar-refractivity contribution in [2.45, 2.75) is 11.4 Å². The van der Waals surface area contributed by atoms with E-state index in [0.29, 0.717) is 11.3 Å². The van der Waals surface area contributed by atoms with E-state index in [4.69, 9.17) is 4.74 Å². The number of hydrogen-bond donors (Lipinski definition) is 1. The normalized spacial score (nSPS) is 16.3. The summed E-state index contributed by atoms with van der Waals surface area (Å²) in [6.45, 7) is 0.0163. The molecule has 0 saturated heterocycles. The van der Waals surface area contributed by atoms with Crippen LogP contribution in [0.1, 0.15) is 21.5 Å². The van der Waals surface area contributed by atoms with Gasteiger partial charge in [-0.2, -0.15) is 0 Å². The van der Waals surface area contributed by atoms with E-state index in [1.807, 2.05) is 18.2 Å². The molecule has 7 nitrogen and oxygen atoms in total. The second-order valence-electron chi connectivity index (χ2n) is 7.38. The highest BCUT2D eigenvalue weighted by molar-refractivity contribution is 7.89. The number of aromatic nitrogens is 2. The lowest BCUT2D eigenvalue weighted by Crippen LogP contribution is -2.38. The molecule has 32 heavy (non-hydrogen) atoms. The van der Waals surface area contributed by atoms with Crippen molar-refractivity contribution in [3.8, 4) is 5.75 Å². The number of Topliss-reactive ketones (excluding diaryl/α,β-unsaturated/α-hetero) is 1. The number of pyridine rings is 1. The van der Waals surface area contributed by atoms with Crippen LogP contribution < -0.4 is 4.74 Å². The predicted molar refractivity (Wildman–Crippen MR) is 121 cm³/mol. The molecule has 5 rings (SSSR count). The number of ether oxygens (including phenoxy) is 1. The number of nitrogens with zero attached hydrogens (tertiary/aromatic N) is 2. The zero-order valence-corrected chi connectivity index (χ0v) is 18.0. The summed E-state index contributed by atoms with van der Waals surface area (Å²) < 4.78 is 33.6. The second-order valence-corrected chi connectivity index (χ2v) is 9.21. The second kappa shape index (κ2) is 7.65. The summed E-state index contributed by atoms with van der Waals surface area (Å²) in [5.74, 6) is 0.319. The van der Waals surface area contributed by atoms with Gasteiger partial charge in [-0.25, -0.2) is 8.42 Å². The average Bonchev–Trinajstić information content (AvgIpc) is 3.22. The molecule has 0 saturated carbocycles. The third kappa shape index (κ3) is 3.25. The fourth-order valence-corrected chi connectivity index (χ4v) is 5.50. The predicted octanol–water partition coefficient (Wildman–Crippen LogP) is 4.00. The van der Waals surface area contributed by atoms with E-state index in [-0.39, 0.29) is 28.5 Å². The number of fused-ring (bicyclic) bond motifs is 2. The monoisotopic (exact) mass is 445 g/mol. The van der Waals surface area contributed by atoms with Gasteiger partial charge in [-0.3, -0.25) is 14.1 Å². The number of methoxy groups -OCH3 is 1. The Morgan fingerprint density at radius 1 is 1.09 bits per heavy atom. The molecule has 0 amide bonds. The van der Waals surface area contributed by atoms with Gasteiger partial charge in [0.1, 0.15) is 11.4 Å². The number of aromatic amines is 1. The molecule has 160 valence electrons. The summed E-state index contributed by atoms with van der Waals surface area (Å²) in [5.41, 5.74) is 2.52. The number of allylic oxidation sites excluding steroid dienone is 1. The molecule has 0 aliphatic carbocycles. The number of carbonyl (C=O) groups is 1. The molecule has 1 N–H and O–H groups in total. The van der Waals surface area contributed by atoms with Crippen LogP contribution in [0.25, 0.3) is 17.0 Å². The third-order valence-electron chi connectivity index (χ3n) is 5.49. The molecule has 8 heteroatoms. The van der Waals surface area contributed by atoms with E-state index in [9.17, 15) is 13.2 Å². The van der Waals surface area contributed by atoms with Crippen LogP contribution >= 0.6 is 0 Å². The first-order valence-electron chi connectivity index (χ1n) is 9.91. The lowest BCUT2D eigenvalue weighted by molar-refractivity contribution is 0.100. The molecule has 0 spiro atoms. The van der Waals surface area contributed by atoms with Gasteiger partial charge in [0, 0.05) is 40.6 Å². The Kier molecular flexibility index (Phi) is 4.79. The van der Waals surface area contributed by atoms with Crippen molar-refractivity contribution in [1.82, 2.24) is 14.3 Å². The van der Waals surface area contributed by atoms with Gasteiger partial charge in [-0.05, 0) is 54.1 Å². The van der Waals surface area contributed by atoms with Gasteiger partial charge in [-0.1, -0.05) is 12.1 Å². The Morgan fingerprint density at radius 3 is 2.66 bits per heavy atom. The maximum absolute atomic E-state index is 13.5. The van der Waals surface area contributed by atoms with Crippen LogP contribution in [0.4, 0.5) is 0 Å². The van der Waals surface area contributed by atoms with Crippen LogP contribution in [-0.4, -0.2) is 35.6 Å². The summed E-state index contributed by atoms with van der Waals surface area (Å²) in [6, 6.07) is 15.3. The first-order chi connectivity index (χ1) is 15.5. The Hall–Kier alpha value is -3.91. The molecule has 2 aromatic carbocycles. The van der Waals surface area contributed by atoms with E-state index in [1.54, 1.807) is 62.1 Å². The van der Waals surface area contributed by atoms with Crippen LogP contribution in [0.15, 0.2) is 83.8 Å². The molecule has 1 aliphatic heterocycles. The number of benzene rings is 2. The first kappa shape index (κ1) is 20.0. The summed E-state index contributed by atoms with van der Waals surface area (Å²) in [6.07, 6.45) is 6.56. The quantitative estimate of drug-likeness (QED) is 0.480. The highest BCUT2D eigenvalue weighted by Crippen LogP contribution is 2.35. The summed E-state index contributed by atoms with van der Waals surface area (Å²) in [5, 5.41) is 0.824. The van der Waals surface area contributed by atoms with Crippen LogP contribution in [-0.2, 0) is 16.6 Å². The van der Waals surface area contributed by atoms with Gasteiger partial charge in [-0.15, -0.1) is 0 Å². The number of carbonyl (C=O) groups excluding carboxylic acids is 1. The van der Waals surface area contributed by atoms with Gasteiger partial charge in [0.05, 0.1) is 18.6 Å². The van der Waals surface area contributed by atoms with E-state index < -0.39 is 10.0 Å². The third-order valence-corrected chi connectivity index (χ3v) is 7.31. The number of rotatable bonds is 4. The Morgan fingerprint density at radius 2 is 1.88 bits per heavy atom. The summed E-state index contributed by atoms with van der Waals surface area (Å²) in [7, 11) is -2.36. The topological polar surface area (TPSA) is 92.4 Å². The maximum Gasteiger partial charge on any atom is 0.265 e. The number of ketones is 1. The fraction of sp³-hybridized carbons (Fsp3) is 0.0833. The molecule has 0 atom stereocenters. The Balaban J connectivity index is 1.72. The Bertz CT molecular complexity index is 1470. The lowest BCUT2D eigenvalue weighted by atomic mass is 10.0. The smallest absolute Gasteiger partial charge is 0.265 e. The van der Waals surface area contributed by atoms with Crippen molar-refractivity contribution < 1.29 is 17.9 Å². The minimum Gasteiger partial charge on any atom is -0.497 e. The number of hydrogen-bond acceptors (Lipinski definition) is 5. The summed E-state index contributed by atoms with van der Waals surface area (Å²) >= 11 is 0. The van der Waals surface area contributed by atoms with Crippen LogP contribution in [0.5, 0.6) is 5.75 Å². The summed E-state index contributed by atoms with van der Waals surface area (Å²) in [4.78, 5) is 20.6. The molecular weight excluding hydrogens is 426 g/mol. The maximum atomic E-state index is 13.5. The highest BCUT2D eigenvalue weighted by Gasteiger charge is 2.39. The van der Waals surface area contributed by atoms with Crippen LogP contribution in [0.3, 0.4) is 0 Å². The average molecular weight is 446 g/mol. The molecule has 0 unspecified atom stereocenters. The van der Waals surface area contributed by atoms with Gasteiger partial charge in [0.25, 0.3) is 10.0 Å². The minimum atomic E-state index is -3.94. The number of sulfonamides is 1. The SMILES string of the molecule is COc1ccc2[nH]cc(C=C3C(=O)c4ccccc4S(=O)(=O)N3Cc3ccncc3)c2c1. The van der Waals surface area contributed by atoms with Crippen molar-refractivity contribution >= 4 is 32.8 Å². The van der Waals surface area contributed by atoms with Crippen LogP contribution in [0, 0.1) is 0 Å².